The molecule has 0 saturated carbocycles. The van der Waals surface area contributed by atoms with Crippen molar-refractivity contribution in [3.05, 3.63) is 29.3 Å². The van der Waals surface area contributed by atoms with E-state index < -0.39 is 10.0 Å². The molecule has 0 aliphatic rings. The van der Waals surface area contributed by atoms with Gasteiger partial charge in [-0.1, -0.05) is 17.7 Å². The summed E-state index contributed by atoms with van der Waals surface area (Å²) < 4.78 is 25.4. The average Bonchev–Trinajstić information content (AvgIpc) is 2.39. The van der Waals surface area contributed by atoms with E-state index in [4.69, 9.17) is 0 Å². The first-order valence-corrected chi connectivity index (χ1v) is 9.42. The van der Waals surface area contributed by atoms with Gasteiger partial charge in [0.05, 0.1) is 11.9 Å². The Morgan fingerprint density at radius 1 is 1.17 bits per heavy atom. The molecule has 1 rings (SSSR count). The zero-order valence-electron chi connectivity index (χ0n) is 14.6. The summed E-state index contributed by atoms with van der Waals surface area (Å²) in [5, 5.41) is 2.79. The summed E-state index contributed by atoms with van der Waals surface area (Å²) in [4.78, 5) is 13.8. The number of sulfonamides is 1. The lowest BCUT2D eigenvalue weighted by Crippen LogP contribution is -2.36. The molecule has 1 N–H and O–H groups in total. The molecule has 0 atom stereocenters. The second-order valence-electron chi connectivity index (χ2n) is 6.03. The summed E-state index contributed by atoms with van der Waals surface area (Å²) in [6, 6.07) is 5.60. The summed E-state index contributed by atoms with van der Waals surface area (Å²) in [6.45, 7) is 5.26. The second-order valence-corrected chi connectivity index (χ2v) is 7.94. The molecular formula is C16H27N3O3S. The number of nitrogens with zero attached hydrogens (tertiary/aromatic N) is 2. The number of rotatable bonds is 8. The Labute approximate surface area is 139 Å². The first-order valence-electron chi connectivity index (χ1n) is 7.57. The summed E-state index contributed by atoms with van der Waals surface area (Å²) >= 11 is 0. The van der Waals surface area contributed by atoms with Crippen LogP contribution in [0.25, 0.3) is 0 Å². The number of hydrogen-bond donors (Lipinski definition) is 1. The molecule has 1 amide bonds. The van der Waals surface area contributed by atoms with Gasteiger partial charge in [-0.3, -0.25) is 9.10 Å². The van der Waals surface area contributed by atoms with Crippen LogP contribution in [0.15, 0.2) is 18.2 Å². The topological polar surface area (TPSA) is 69.7 Å². The van der Waals surface area contributed by atoms with Crippen LogP contribution in [-0.4, -0.2) is 59.2 Å². The van der Waals surface area contributed by atoms with Crippen LogP contribution < -0.4 is 9.62 Å². The Hall–Kier alpha value is -1.60. The number of carbonyl (C=O) groups is 1. The fourth-order valence-corrected chi connectivity index (χ4v) is 3.25. The lowest BCUT2D eigenvalue weighted by atomic mass is 10.1. The van der Waals surface area contributed by atoms with Crippen molar-refractivity contribution < 1.29 is 13.2 Å². The van der Waals surface area contributed by atoms with Crippen LogP contribution in [0.2, 0.25) is 0 Å². The molecule has 0 aliphatic carbocycles. The molecule has 0 bridgehead atoms. The number of anilines is 1. The lowest BCUT2D eigenvalue weighted by Gasteiger charge is -2.24. The molecule has 0 aromatic heterocycles. The van der Waals surface area contributed by atoms with Gasteiger partial charge in [-0.05, 0) is 39.6 Å². The maximum atomic E-state index is 12.1. The standard InChI is InChI=1S/C16H27N3O3S/c1-13-6-7-15(14(2)12-13)19(23(5,21)22)10-8-16(20)17-9-11-18(3)4/h6-7,12H,8-11H2,1-5H3,(H,17,20). The molecule has 0 aliphatic heterocycles. The van der Waals surface area contributed by atoms with Crippen molar-refractivity contribution >= 4 is 21.6 Å². The van der Waals surface area contributed by atoms with E-state index in [1.807, 2.05) is 45.0 Å². The van der Waals surface area contributed by atoms with Gasteiger partial charge >= 0.3 is 0 Å². The predicted molar refractivity (Wildman–Crippen MR) is 94.3 cm³/mol. The molecule has 1 aromatic rings. The summed E-state index contributed by atoms with van der Waals surface area (Å²) in [5.74, 6) is -0.148. The highest BCUT2D eigenvalue weighted by atomic mass is 32.2. The highest BCUT2D eigenvalue weighted by molar-refractivity contribution is 7.92. The van der Waals surface area contributed by atoms with Gasteiger partial charge in [-0.15, -0.1) is 0 Å². The van der Waals surface area contributed by atoms with Crippen molar-refractivity contribution in [1.29, 1.82) is 0 Å². The third-order valence-corrected chi connectivity index (χ3v) is 4.62. The van der Waals surface area contributed by atoms with Gasteiger partial charge in [0.1, 0.15) is 0 Å². The molecule has 1 aromatic carbocycles. The minimum atomic E-state index is -3.44. The summed E-state index contributed by atoms with van der Waals surface area (Å²) in [5.41, 5.74) is 2.57. The average molecular weight is 341 g/mol. The van der Waals surface area contributed by atoms with Crippen LogP contribution in [0.3, 0.4) is 0 Å². The van der Waals surface area contributed by atoms with Crippen LogP contribution in [0.5, 0.6) is 0 Å². The Kier molecular flexibility index (Phi) is 7.02. The second kappa shape index (κ2) is 8.31. The van der Waals surface area contributed by atoms with E-state index in [0.29, 0.717) is 12.2 Å². The minimum absolute atomic E-state index is 0.133. The number of carbonyl (C=O) groups excluding carboxylic acids is 1. The van der Waals surface area contributed by atoms with Gasteiger partial charge in [0.15, 0.2) is 0 Å². The Balaban J connectivity index is 2.76. The van der Waals surface area contributed by atoms with Gasteiger partial charge in [0.2, 0.25) is 15.9 Å². The molecule has 0 fully saturated rings. The van der Waals surface area contributed by atoms with E-state index >= 15 is 0 Å². The molecular weight excluding hydrogens is 314 g/mol. The Morgan fingerprint density at radius 2 is 1.83 bits per heavy atom. The SMILES string of the molecule is Cc1ccc(N(CCC(=O)NCCN(C)C)S(C)(=O)=O)c(C)c1. The Morgan fingerprint density at radius 3 is 2.35 bits per heavy atom. The zero-order chi connectivity index (χ0) is 17.6. The third-order valence-electron chi connectivity index (χ3n) is 3.44. The summed E-state index contributed by atoms with van der Waals surface area (Å²) in [7, 11) is 0.419. The maximum absolute atomic E-state index is 12.1. The molecule has 130 valence electrons. The van der Waals surface area contributed by atoms with Gasteiger partial charge < -0.3 is 10.2 Å². The van der Waals surface area contributed by atoms with Crippen molar-refractivity contribution in [2.75, 3.05) is 44.3 Å². The van der Waals surface area contributed by atoms with Gasteiger partial charge in [0.25, 0.3) is 0 Å². The van der Waals surface area contributed by atoms with Crippen LogP contribution in [0.1, 0.15) is 17.5 Å². The first kappa shape index (κ1) is 19.4. The van der Waals surface area contributed by atoms with Crippen LogP contribution in [0, 0.1) is 13.8 Å². The van der Waals surface area contributed by atoms with E-state index in [9.17, 15) is 13.2 Å². The fraction of sp³-hybridized carbons (Fsp3) is 0.562. The van der Waals surface area contributed by atoms with Crippen LogP contribution in [-0.2, 0) is 14.8 Å². The number of benzene rings is 1. The van der Waals surface area contributed by atoms with Gasteiger partial charge in [0, 0.05) is 26.1 Å². The van der Waals surface area contributed by atoms with Crippen molar-refractivity contribution in [3.8, 4) is 0 Å². The molecule has 6 nitrogen and oxygen atoms in total. The maximum Gasteiger partial charge on any atom is 0.232 e. The lowest BCUT2D eigenvalue weighted by molar-refractivity contribution is -0.120. The molecule has 7 heteroatoms. The third kappa shape index (κ3) is 6.58. The van der Waals surface area contributed by atoms with Crippen molar-refractivity contribution in [1.82, 2.24) is 10.2 Å². The highest BCUT2D eigenvalue weighted by Crippen LogP contribution is 2.23. The summed E-state index contributed by atoms with van der Waals surface area (Å²) in [6.07, 6.45) is 1.30. The van der Waals surface area contributed by atoms with E-state index in [1.54, 1.807) is 6.07 Å². The molecule has 0 spiro atoms. The number of likely N-dealkylation sites (N-methyl/N-ethyl adjacent to an activating group) is 1. The van der Waals surface area contributed by atoms with Crippen molar-refractivity contribution in [3.63, 3.8) is 0 Å². The predicted octanol–water partition coefficient (Wildman–Crippen LogP) is 1.14. The van der Waals surface area contributed by atoms with E-state index in [0.717, 1.165) is 23.9 Å². The monoisotopic (exact) mass is 341 g/mol. The minimum Gasteiger partial charge on any atom is -0.355 e. The normalized spacial score (nSPS) is 11.6. The molecule has 0 radical (unpaired) electrons. The van der Waals surface area contributed by atoms with Crippen molar-refractivity contribution in [2.24, 2.45) is 0 Å². The number of amides is 1. The number of aryl methyl sites for hydroxylation is 2. The number of hydrogen-bond acceptors (Lipinski definition) is 4. The first-order chi connectivity index (χ1) is 10.6. The van der Waals surface area contributed by atoms with Crippen LogP contribution >= 0.6 is 0 Å². The molecule has 0 saturated heterocycles. The quantitative estimate of drug-likeness (QED) is 0.770. The van der Waals surface area contributed by atoms with Gasteiger partial charge in [-0.2, -0.15) is 0 Å². The van der Waals surface area contributed by atoms with Crippen LogP contribution in [0.4, 0.5) is 5.69 Å². The van der Waals surface area contributed by atoms with E-state index in [1.165, 1.54) is 4.31 Å². The number of nitrogens with one attached hydrogen (secondary N) is 1. The van der Waals surface area contributed by atoms with Gasteiger partial charge in [-0.25, -0.2) is 8.42 Å². The molecule has 0 unspecified atom stereocenters. The zero-order valence-corrected chi connectivity index (χ0v) is 15.4. The smallest absolute Gasteiger partial charge is 0.232 e. The fourth-order valence-electron chi connectivity index (χ4n) is 2.26. The Bertz CT molecular complexity index is 642. The highest BCUT2D eigenvalue weighted by Gasteiger charge is 2.20. The largest absolute Gasteiger partial charge is 0.355 e. The van der Waals surface area contributed by atoms with Crippen molar-refractivity contribution in [2.45, 2.75) is 20.3 Å². The molecule has 0 heterocycles. The van der Waals surface area contributed by atoms with E-state index in [-0.39, 0.29) is 18.9 Å². The molecule has 23 heavy (non-hydrogen) atoms. The van der Waals surface area contributed by atoms with E-state index in [2.05, 4.69) is 5.32 Å².